The van der Waals surface area contributed by atoms with Crippen LogP contribution in [-0.2, 0) is 4.79 Å². The number of nitrogens with one attached hydrogen (secondary N) is 2. The van der Waals surface area contributed by atoms with Crippen molar-refractivity contribution >= 4 is 17.8 Å². The van der Waals surface area contributed by atoms with E-state index in [4.69, 9.17) is 0 Å². The van der Waals surface area contributed by atoms with Crippen molar-refractivity contribution in [2.24, 2.45) is 10.9 Å². The van der Waals surface area contributed by atoms with Gasteiger partial charge < -0.3 is 20.4 Å². The molecule has 2 N–H and O–H groups in total. The van der Waals surface area contributed by atoms with Crippen molar-refractivity contribution in [3.05, 3.63) is 18.5 Å². The van der Waals surface area contributed by atoms with Gasteiger partial charge in [-0.2, -0.15) is 0 Å². The molecule has 2 saturated heterocycles. The Morgan fingerprint density at radius 2 is 1.84 bits per heavy atom. The molecule has 2 aliphatic heterocycles. The zero-order chi connectivity index (χ0) is 21.5. The predicted molar refractivity (Wildman–Crippen MR) is 122 cm³/mol. The van der Waals surface area contributed by atoms with E-state index in [1.165, 1.54) is 12.8 Å². The molecular formula is C22H36N8O. The van der Waals surface area contributed by atoms with Crippen molar-refractivity contribution in [3.8, 4) is 0 Å². The fraction of sp³-hybridized carbons (Fsp3) is 0.727. The number of amides is 1. The highest BCUT2D eigenvalue weighted by molar-refractivity contribution is 5.81. The van der Waals surface area contributed by atoms with Gasteiger partial charge in [-0.05, 0) is 25.3 Å². The van der Waals surface area contributed by atoms with Crippen molar-refractivity contribution in [1.82, 2.24) is 30.4 Å². The van der Waals surface area contributed by atoms with Crippen LogP contribution in [0.5, 0.6) is 0 Å². The van der Waals surface area contributed by atoms with E-state index in [9.17, 15) is 4.79 Å². The van der Waals surface area contributed by atoms with Gasteiger partial charge in [0.15, 0.2) is 5.96 Å². The maximum atomic E-state index is 12.6. The topological polar surface area (TPSA) is 89.0 Å². The summed E-state index contributed by atoms with van der Waals surface area (Å²) in [7, 11) is 1.81. The molecule has 31 heavy (non-hydrogen) atoms. The Hall–Kier alpha value is -2.42. The minimum absolute atomic E-state index is 0.269. The van der Waals surface area contributed by atoms with Gasteiger partial charge in [0.05, 0.1) is 0 Å². The lowest BCUT2D eigenvalue weighted by Crippen LogP contribution is -2.50. The van der Waals surface area contributed by atoms with Gasteiger partial charge in [-0.15, -0.1) is 0 Å². The van der Waals surface area contributed by atoms with Crippen molar-refractivity contribution in [2.75, 3.05) is 64.3 Å². The van der Waals surface area contributed by atoms with Gasteiger partial charge in [0.1, 0.15) is 0 Å². The van der Waals surface area contributed by atoms with E-state index in [0.29, 0.717) is 5.91 Å². The summed E-state index contributed by atoms with van der Waals surface area (Å²) in [5.41, 5.74) is 0. The molecule has 1 atom stereocenters. The second-order valence-corrected chi connectivity index (χ2v) is 8.77. The number of aromatic nitrogens is 2. The minimum atomic E-state index is 0.269. The molecule has 1 aliphatic carbocycles. The highest BCUT2D eigenvalue weighted by Crippen LogP contribution is 2.27. The Morgan fingerprint density at radius 3 is 2.55 bits per heavy atom. The smallest absolute Gasteiger partial charge is 0.225 e. The van der Waals surface area contributed by atoms with Gasteiger partial charge >= 0.3 is 0 Å². The van der Waals surface area contributed by atoms with Crippen LogP contribution in [-0.4, -0.2) is 97.1 Å². The molecule has 1 saturated carbocycles. The van der Waals surface area contributed by atoms with Crippen LogP contribution in [0.2, 0.25) is 0 Å². The Balaban J connectivity index is 1.13. The lowest BCUT2D eigenvalue weighted by atomic mass is 10.1. The molecule has 0 bridgehead atoms. The average Bonchev–Trinajstić information content (AvgIpc) is 3.52. The quantitative estimate of drug-likeness (QED) is 0.505. The molecule has 1 aromatic heterocycles. The first-order chi connectivity index (χ1) is 15.2. The number of anilines is 1. The Labute approximate surface area is 185 Å². The second-order valence-electron chi connectivity index (χ2n) is 8.77. The van der Waals surface area contributed by atoms with Gasteiger partial charge in [0.25, 0.3) is 0 Å². The van der Waals surface area contributed by atoms with Gasteiger partial charge in [-0.25, -0.2) is 9.97 Å². The van der Waals surface area contributed by atoms with Crippen LogP contribution < -0.4 is 15.5 Å². The molecule has 1 amide bonds. The summed E-state index contributed by atoms with van der Waals surface area (Å²) >= 11 is 0. The van der Waals surface area contributed by atoms with E-state index in [1.54, 1.807) is 12.4 Å². The average molecular weight is 429 g/mol. The van der Waals surface area contributed by atoms with E-state index >= 15 is 0 Å². The van der Waals surface area contributed by atoms with Crippen molar-refractivity contribution < 1.29 is 4.79 Å². The third-order valence-electron chi connectivity index (χ3n) is 6.70. The molecule has 4 rings (SSSR count). The monoisotopic (exact) mass is 428 g/mol. The van der Waals surface area contributed by atoms with Gasteiger partial charge in [0, 0.05) is 83.8 Å². The highest BCUT2D eigenvalue weighted by Gasteiger charge is 2.32. The van der Waals surface area contributed by atoms with Crippen LogP contribution in [0.1, 0.15) is 32.1 Å². The maximum absolute atomic E-state index is 12.6. The van der Waals surface area contributed by atoms with E-state index in [0.717, 1.165) is 83.5 Å². The zero-order valence-corrected chi connectivity index (χ0v) is 18.7. The van der Waals surface area contributed by atoms with Crippen molar-refractivity contribution in [1.29, 1.82) is 0 Å². The van der Waals surface area contributed by atoms with Gasteiger partial charge in [-0.1, -0.05) is 12.8 Å². The van der Waals surface area contributed by atoms with Crippen molar-refractivity contribution in [3.63, 3.8) is 0 Å². The molecule has 0 aromatic carbocycles. The Morgan fingerprint density at radius 1 is 1.10 bits per heavy atom. The van der Waals surface area contributed by atoms with Crippen LogP contribution in [0.25, 0.3) is 0 Å². The number of carbonyl (C=O) groups excluding carboxylic acids is 1. The Bertz CT molecular complexity index is 728. The summed E-state index contributed by atoms with van der Waals surface area (Å²) in [5, 5.41) is 6.95. The lowest BCUT2D eigenvalue weighted by Gasteiger charge is -2.34. The Kier molecular flexibility index (Phi) is 7.56. The van der Waals surface area contributed by atoms with Crippen LogP contribution >= 0.6 is 0 Å². The predicted octanol–water partition coefficient (Wildman–Crippen LogP) is 0.555. The standard InChI is InChI=1S/C22H36N8O/c1-23-21(27-19-7-11-30(17-19)20(31)18-5-2-3-6-18)24-10-12-28-13-15-29(16-14-28)22-25-8-4-9-26-22/h4,8-9,18-19H,2-3,5-7,10-17H2,1H3,(H2,23,24,27). The number of hydrogen-bond acceptors (Lipinski definition) is 6. The number of nitrogens with zero attached hydrogens (tertiary/aromatic N) is 6. The summed E-state index contributed by atoms with van der Waals surface area (Å²) in [6.45, 7) is 7.38. The fourth-order valence-electron chi connectivity index (χ4n) is 4.86. The molecule has 3 heterocycles. The number of likely N-dealkylation sites (tertiary alicyclic amines) is 1. The lowest BCUT2D eigenvalue weighted by molar-refractivity contribution is -0.134. The van der Waals surface area contributed by atoms with Gasteiger partial charge in [0.2, 0.25) is 11.9 Å². The maximum Gasteiger partial charge on any atom is 0.225 e. The molecule has 9 heteroatoms. The number of piperazine rings is 1. The number of carbonyl (C=O) groups is 1. The van der Waals surface area contributed by atoms with Crippen LogP contribution in [0.15, 0.2) is 23.5 Å². The van der Waals surface area contributed by atoms with Crippen LogP contribution in [0.3, 0.4) is 0 Å². The summed E-state index contributed by atoms with van der Waals surface area (Å²) < 4.78 is 0. The van der Waals surface area contributed by atoms with E-state index in [1.807, 2.05) is 13.1 Å². The molecule has 9 nitrogen and oxygen atoms in total. The SMILES string of the molecule is CN=C(NCCN1CCN(c2ncccn2)CC1)NC1CCN(C(=O)C2CCCC2)C1. The van der Waals surface area contributed by atoms with E-state index in [2.05, 4.69) is 40.3 Å². The summed E-state index contributed by atoms with van der Waals surface area (Å²) in [4.78, 5) is 32.5. The summed E-state index contributed by atoms with van der Waals surface area (Å²) in [5.74, 6) is 2.29. The van der Waals surface area contributed by atoms with Crippen LogP contribution in [0, 0.1) is 5.92 Å². The fourth-order valence-corrected chi connectivity index (χ4v) is 4.86. The third kappa shape index (κ3) is 5.84. The third-order valence-corrected chi connectivity index (χ3v) is 6.70. The first-order valence-electron chi connectivity index (χ1n) is 11.7. The number of hydrogen-bond donors (Lipinski definition) is 2. The van der Waals surface area contributed by atoms with Crippen LogP contribution in [0.4, 0.5) is 5.95 Å². The molecular weight excluding hydrogens is 392 g/mol. The number of guanidine groups is 1. The summed E-state index contributed by atoms with van der Waals surface area (Å²) in [6.07, 6.45) is 9.14. The minimum Gasteiger partial charge on any atom is -0.355 e. The molecule has 1 unspecified atom stereocenters. The number of rotatable bonds is 6. The molecule has 0 radical (unpaired) electrons. The van der Waals surface area contributed by atoms with Gasteiger partial charge in [-0.3, -0.25) is 14.7 Å². The van der Waals surface area contributed by atoms with E-state index in [-0.39, 0.29) is 12.0 Å². The second kappa shape index (κ2) is 10.7. The summed E-state index contributed by atoms with van der Waals surface area (Å²) in [6, 6.07) is 2.13. The normalized spacial score (nSPS) is 23.4. The first-order valence-corrected chi connectivity index (χ1v) is 11.7. The molecule has 3 aliphatic rings. The molecule has 170 valence electrons. The van der Waals surface area contributed by atoms with E-state index < -0.39 is 0 Å². The molecule has 0 spiro atoms. The molecule has 3 fully saturated rings. The first kappa shape index (κ1) is 21.8. The number of aliphatic imine (C=N–C) groups is 1. The molecule has 1 aromatic rings. The van der Waals surface area contributed by atoms with Crippen molar-refractivity contribution in [2.45, 2.75) is 38.1 Å². The largest absolute Gasteiger partial charge is 0.355 e. The zero-order valence-electron chi connectivity index (χ0n) is 18.7. The highest BCUT2D eigenvalue weighted by atomic mass is 16.2.